The summed E-state index contributed by atoms with van der Waals surface area (Å²) in [7, 11) is 0. The van der Waals surface area contributed by atoms with E-state index < -0.39 is 11.7 Å². The second-order valence-corrected chi connectivity index (χ2v) is 5.67. The highest BCUT2D eigenvalue weighted by atomic mass is 19.4. The highest BCUT2D eigenvalue weighted by Gasteiger charge is 2.30. The third-order valence-electron chi connectivity index (χ3n) is 4.14. The van der Waals surface area contributed by atoms with Gasteiger partial charge in [0, 0.05) is 18.3 Å². The maximum atomic E-state index is 12.6. The lowest BCUT2D eigenvalue weighted by Crippen LogP contribution is -2.38. The van der Waals surface area contributed by atoms with Crippen LogP contribution in [0.3, 0.4) is 0 Å². The van der Waals surface area contributed by atoms with Crippen molar-refractivity contribution < 1.29 is 13.2 Å². The standard InChI is InChI=1S/C16H23F3N2/c17-16(18,19)13-7-9-15(10-8-13)21(12-4-11-20)14-5-2-1-3-6-14/h7-10,14H,1-6,11-12,20H2. The van der Waals surface area contributed by atoms with Crippen LogP contribution in [0.4, 0.5) is 18.9 Å². The molecular weight excluding hydrogens is 277 g/mol. The van der Waals surface area contributed by atoms with Crippen molar-refractivity contribution in [1.82, 2.24) is 0 Å². The number of alkyl halides is 3. The molecule has 1 aliphatic carbocycles. The average Bonchev–Trinajstić information content (AvgIpc) is 2.48. The van der Waals surface area contributed by atoms with E-state index in [2.05, 4.69) is 4.90 Å². The minimum Gasteiger partial charge on any atom is -0.369 e. The molecule has 1 fully saturated rings. The Balaban J connectivity index is 2.15. The van der Waals surface area contributed by atoms with Crippen molar-refractivity contribution in [3.05, 3.63) is 29.8 Å². The quantitative estimate of drug-likeness (QED) is 0.883. The Bertz CT molecular complexity index is 422. The van der Waals surface area contributed by atoms with Gasteiger partial charge in [0.2, 0.25) is 0 Å². The number of nitrogens with two attached hydrogens (primary N) is 1. The van der Waals surface area contributed by atoms with Gasteiger partial charge in [-0.05, 0) is 50.1 Å². The molecule has 0 aliphatic heterocycles. The van der Waals surface area contributed by atoms with E-state index in [1.54, 1.807) is 12.1 Å². The summed E-state index contributed by atoms with van der Waals surface area (Å²) in [5, 5.41) is 0. The number of benzene rings is 1. The molecule has 0 bridgehead atoms. The summed E-state index contributed by atoms with van der Waals surface area (Å²) in [5.41, 5.74) is 5.88. The van der Waals surface area contributed by atoms with Gasteiger partial charge in [0.25, 0.3) is 0 Å². The van der Waals surface area contributed by atoms with Crippen LogP contribution >= 0.6 is 0 Å². The molecule has 0 saturated heterocycles. The molecule has 0 unspecified atom stereocenters. The van der Waals surface area contributed by atoms with Crippen LogP contribution in [-0.2, 0) is 6.18 Å². The van der Waals surface area contributed by atoms with Crippen LogP contribution in [0.5, 0.6) is 0 Å². The molecule has 0 aromatic heterocycles. The van der Waals surface area contributed by atoms with Gasteiger partial charge >= 0.3 is 6.18 Å². The van der Waals surface area contributed by atoms with Gasteiger partial charge < -0.3 is 10.6 Å². The van der Waals surface area contributed by atoms with Crippen molar-refractivity contribution in [2.45, 2.75) is 50.7 Å². The van der Waals surface area contributed by atoms with E-state index in [-0.39, 0.29) is 0 Å². The van der Waals surface area contributed by atoms with Gasteiger partial charge in [-0.3, -0.25) is 0 Å². The maximum Gasteiger partial charge on any atom is 0.416 e. The third-order valence-corrected chi connectivity index (χ3v) is 4.14. The number of anilines is 1. The molecule has 1 aromatic carbocycles. The molecule has 1 aliphatic rings. The zero-order valence-electron chi connectivity index (χ0n) is 12.2. The van der Waals surface area contributed by atoms with Crippen molar-refractivity contribution >= 4 is 5.69 Å². The van der Waals surface area contributed by atoms with Crippen molar-refractivity contribution in [2.75, 3.05) is 18.0 Å². The molecule has 5 heteroatoms. The number of nitrogens with zero attached hydrogens (tertiary/aromatic N) is 1. The van der Waals surface area contributed by atoms with Gasteiger partial charge in [-0.2, -0.15) is 13.2 Å². The van der Waals surface area contributed by atoms with Gasteiger partial charge in [-0.1, -0.05) is 19.3 Å². The third kappa shape index (κ3) is 4.37. The lowest BCUT2D eigenvalue weighted by Gasteiger charge is -2.36. The molecule has 118 valence electrons. The molecule has 1 aromatic rings. The van der Waals surface area contributed by atoms with Gasteiger partial charge in [-0.25, -0.2) is 0 Å². The first-order valence-corrected chi connectivity index (χ1v) is 7.66. The number of hydrogen-bond acceptors (Lipinski definition) is 2. The average molecular weight is 300 g/mol. The highest BCUT2D eigenvalue weighted by Crippen LogP contribution is 2.32. The number of halogens is 3. The van der Waals surface area contributed by atoms with E-state index in [0.717, 1.165) is 31.5 Å². The normalized spacial score (nSPS) is 17.0. The van der Waals surface area contributed by atoms with E-state index in [1.165, 1.54) is 31.4 Å². The van der Waals surface area contributed by atoms with Crippen LogP contribution in [0.15, 0.2) is 24.3 Å². The molecule has 0 heterocycles. The molecule has 0 radical (unpaired) electrons. The number of rotatable bonds is 5. The fourth-order valence-corrected chi connectivity index (χ4v) is 3.02. The van der Waals surface area contributed by atoms with Crippen LogP contribution < -0.4 is 10.6 Å². The molecule has 0 amide bonds. The van der Waals surface area contributed by atoms with Crippen LogP contribution in [0.1, 0.15) is 44.1 Å². The first-order valence-electron chi connectivity index (χ1n) is 7.66. The fraction of sp³-hybridized carbons (Fsp3) is 0.625. The summed E-state index contributed by atoms with van der Waals surface area (Å²) in [4.78, 5) is 2.24. The zero-order valence-corrected chi connectivity index (χ0v) is 12.2. The topological polar surface area (TPSA) is 29.3 Å². The maximum absolute atomic E-state index is 12.6. The Labute approximate surface area is 124 Å². The van der Waals surface area contributed by atoms with Crippen LogP contribution in [0.2, 0.25) is 0 Å². The molecule has 0 atom stereocenters. The van der Waals surface area contributed by atoms with Crippen molar-refractivity contribution in [3.8, 4) is 0 Å². The van der Waals surface area contributed by atoms with E-state index >= 15 is 0 Å². The molecule has 21 heavy (non-hydrogen) atoms. The van der Waals surface area contributed by atoms with Crippen molar-refractivity contribution in [1.29, 1.82) is 0 Å². The zero-order chi connectivity index (χ0) is 15.3. The van der Waals surface area contributed by atoms with Crippen molar-refractivity contribution in [3.63, 3.8) is 0 Å². The predicted octanol–water partition coefficient (Wildman–Crippen LogP) is 4.19. The summed E-state index contributed by atoms with van der Waals surface area (Å²) in [5.74, 6) is 0. The Morgan fingerprint density at radius 1 is 1.05 bits per heavy atom. The first kappa shape index (κ1) is 16.1. The summed E-state index contributed by atoms with van der Waals surface area (Å²) < 4.78 is 37.9. The van der Waals surface area contributed by atoms with Gasteiger partial charge in [0.15, 0.2) is 0 Å². The van der Waals surface area contributed by atoms with E-state index in [1.807, 2.05) is 0 Å². The highest BCUT2D eigenvalue weighted by molar-refractivity contribution is 5.49. The molecule has 2 N–H and O–H groups in total. The summed E-state index contributed by atoms with van der Waals surface area (Å²) >= 11 is 0. The minimum absolute atomic E-state index is 0.432. The summed E-state index contributed by atoms with van der Waals surface area (Å²) in [6, 6.07) is 5.96. The predicted molar refractivity (Wildman–Crippen MR) is 79.3 cm³/mol. The van der Waals surface area contributed by atoms with Gasteiger partial charge in [0.1, 0.15) is 0 Å². The molecule has 1 saturated carbocycles. The Kier molecular flexibility index (Phi) is 5.51. The first-order chi connectivity index (χ1) is 10.0. The van der Waals surface area contributed by atoms with Gasteiger partial charge in [-0.15, -0.1) is 0 Å². The van der Waals surface area contributed by atoms with Crippen LogP contribution in [-0.4, -0.2) is 19.1 Å². The lowest BCUT2D eigenvalue weighted by molar-refractivity contribution is -0.137. The largest absolute Gasteiger partial charge is 0.416 e. The summed E-state index contributed by atoms with van der Waals surface area (Å²) in [6.07, 6.45) is 2.48. The molecule has 2 rings (SSSR count). The fourth-order valence-electron chi connectivity index (χ4n) is 3.02. The smallest absolute Gasteiger partial charge is 0.369 e. The SMILES string of the molecule is NCCCN(c1ccc(C(F)(F)F)cc1)C1CCCCC1. The van der Waals surface area contributed by atoms with E-state index in [4.69, 9.17) is 5.73 Å². The second kappa shape index (κ2) is 7.16. The lowest BCUT2D eigenvalue weighted by atomic mass is 9.93. The van der Waals surface area contributed by atoms with E-state index in [0.29, 0.717) is 12.6 Å². The Hall–Kier alpha value is -1.23. The van der Waals surface area contributed by atoms with E-state index in [9.17, 15) is 13.2 Å². The Morgan fingerprint density at radius 2 is 1.67 bits per heavy atom. The van der Waals surface area contributed by atoms with Crippen LogP contribution in [0, 0.1) is 0 Å². The number of hydrogen-bond donors (Lipinski definition) is 1. The molecule has 2 nitrogen and oxygen atoms in total. The van der Waals surface area contributed by atoms with Crippen molar-refractivity contribution in [2.24, 2.45) is 5.73 Å². The Morgan fingerprint density at radius 3 is 2.19 bits per heavy atom. The second-order valence-electron chi connectivity index (χ2n) is 5.67. The minimum atomic E-state index is -4.27. The summed E-state index contributed by atoms with van der Waals surface area (Å²) in [6.45, 7) is 1.41. The van der Waals surface area contributed by atoms with Crippen LogP contribution in [0.25, 0.3) is 0 Å². The monoisotopic (exact) mass is 300 g/mol. The molecule has 0 spiro atoms. The van der Waals surface area contributed by atoms with Gasteiger partial charge in [0.05, 0.1) is 5.56 Å². The molecular formula is C16H23F3N2.